The van der Waals surface area contributed by atoms with Gasteiger partial charge in [-0.15, -0.1) is 11.6 Å². The molecule has 2 aromatic carbocycles. The summed E-state index contributed by atoms with van der Waals surface area (Å²) in [6.45, 7) is 2.22. The summed E-state index contributed by atoms with van der Waals surface area (Å²) in [5.41, 5.74) is 5.63. The van der Waals surface area contributed by atoms with Crippen LogP contribution < -0.4 is 0 Å². The molecule has 104 valence electrons. The summed E-state index contributed by atoms with van der Waals surface area (Å²) in [6, 6.07) is 17.6. The lowest BCUT2D eigenvalue weighted by Crippen LogP contribution is -2.08. The minimum absolute atomic E-state index is 0.123. The van der Waals surface area contributed by atoms with Crippen molar-refractivity contribution < 1.29 is 0 Å². The van der Waals surface area contributed by atoms with Gasteiger partial charge in [-0.05, 0) is 47.4 Å². The Bertz CT molecular complexity index is 546. The Hall–Kier alpha value is -1.27. The monoisotopic (exact) mass is 284 g/mol. The van der Waals surface area contributed by atoms with Crippen LogP contribution in [0.25, 0.3) is 0 Å². The zero-order valence-corrected chi connectivity index (χ0v) is 12.7. The van der Waals surface area contributed by atoms with E-state index in [1.807, 2.05) is 0 Å². The third-order valence-corrected chi connectivity index (χ3v) is 4.94. The molecule has 0 aromatic heterocycles. The third-order valence-electron chi connectivity index (χ3n) is 4.33. The molecule has 0 fully saturated rings. The summed E-state index contributed by atoms with van der Waals surface area (Å²) in [4.78, 5) is 0. The van der Waals surface area contributed by atoms with Gasteiger partial charge in [-0.25, -0.2) is 0 Å². The van der Waals surface area contributed by atoms with Gasteiger partial charge >= 0.3 is 0 Å². The molecule has 0 radical (unpaired) electrons. The van der Waals surface area contributed by atoms with Crippen LogP contribution >= 0.6 is 11.6 Å². The van der Waals surface area contributed by atoms with Crippen LogP contribution in [0.15, 0.2) is 48.5 Å². The number of fused-ring (bicyclic) bond motifs is 1. The highest BCUT2D eigenvalue weighted by Gasteiger charge is 2.28. The van der Waals surface area contributed by atoms with Gasteiger partial charge in [-0.1, -0.05) is 61.9 Å². The maximum absolute atomic E-state index is 6.73. The summed E-state index contributed by atoms with van der Waals surface area (Å²) in [5.74, 6) is 0.533. The maximum atomic E-state index is 6.73. The average molecular weight is 285 g/mol. The van der Waals surface area contributed by atoms with E-state index in [-0.39, 0.29) is 5.38 Å². The Balaban J connectivity index is 1.72. The highest BCUT2D eigenvalue weighted by atomic mass is 35.5. The summed E-state index contributed by atoms with van der Waals surface area (Å²) >= 11 is 6.73. The molecule has 1 heteroatoms. The predicted octanol–water partition coefficient (Wildman–Crippen LogP) is 5.33. The fourth-order valence-electron chi connectivity index (χ4n) is 3.23. The van der Waals surface area contributed by atoms with Crippen LogP contribution in [0, 0.1) is 5.92 Å². The minimum Gasteiger partial charge on any atom is -0.117 e. The van der Waals surface area contributed by atoms with Gasteiger partial charge in [0.1, 0.15) is 0 Å². The van der Waals surface area contributed by atoms with Crippen molar-refractivity contribution in [3.63, 3.8) is 0 Å². The van der Waals surface area contributed by atoms with Crippen molar-refractivity contribution in [3.05, 3.63) is 70.8 Å². The molecular weight excluding hydrogens is 264 g/mol. The SMILES string of the molecule is CCCc1ccc(C(Cl)C2Cc3ccccc3C2)cc1. The zero-order valence-electron chi connectivity index (χ0n) is 12.0. The van der Waals surface area contributed by atoms with Crippen molar-refractivity contribution in [2.75, 3.05) is 0 Å². The molecule has 0 bridgehead atoms. The van der Waals surface area contributed by atoms with Crippen LogP contribution in [-0.4, -0.2) is 0 Å². The minimum atomic E-state index is 0.123. The first-order valence-electron chi connectivity index (χ1n) is 7.57. The normalized spacial score (nSPS) is 16.1. The van der Waals surface area contributed by atoms with Crippen molar-refractivity contribution in [3.8, 4) is 0 Å². The fraction of sp³-hybridized carbons (Fsp3) is 0.368. The molecule has 2 aromatic rings. The maximum Gasteiger partial charge on any atom is 0.0619 e. The lowest BCUT2D eigenvalue weighted by atomic mass is 9.95. The van der Waals surface area contributed by atoms with E-state index in [0.717, 1.165) is 19.3 Å². The van der Waals surface area contributed by atoms with Crippen LogP contribution in [-0.2, 0) is 19.3 Å². The van der Waals surface area contributed by atoms with E-state index in [1.165, 1.54) is 28.7 Å². The van der Waals surface area contributed by atoms with E-state index in [4.69, 9.17) is 11.6 Å². The quantitative estimate of drug-likeness (QED) is 0.665. The van der Waals surface area contributed by atoms with Crippen molar-refractivity contribution in [2.45, 2.75) is 38.0 Å². The third kappa shape index (κ3) is 2.76. The molecular formula is C19H21Cl. The first kappa shape index (κ1) is 13.7. The number of benzene rings is 2. The molecule has 0 spiro atoms. The zero-order chi connectivity index (χ0) is 13.9. The van der Waals surface area contributed by atoms with Crippen molar-refractivity contribution in [1.29, 1.82) is 0 Å². The Labute approximate surface area is 126 Å². The number of rotatable bonds is 4. The van der Waals surface area contributed by atoms with Gasteiger partial charge in [0.05, 0.1) is 5.38 Å². The summed E-state index contributed by atoms with van der Waals surface area (Å²) in [6.07, 6.45) is 4.58. The van der Waals surface area contributed by atoms with E-state index in [9.17, 15) is 0 Å². The standard InChI is InChI=1S/C19H21Cl/c1-2-5-14-8-10-15(11-9-14)19(20)18-12-16-6-3-4-7-17(16)13-18/h3-4,6-11,18-19H,2,5,12-13H2,1H3. The molecule has 20 heavy (non-hydrogen) atoms. The Morgan fingerprint density at radius 1 is 1.00 bits per heavy atom. The summed E-state index contributed by atoms with van der Waals surface area (Å²) < 4.78 is 0. The van der Waals surface area contributed by atoms with Crippen molar-refractivity contribution in [1.82, 2.24) is 0 Å². The fourth-order valence-corrected chi connectivity index (χ4v) is 3.55. The summed E-state index contributed by atoms with van der Waals surface area (Å²) in [5, 5.41) is 0.123. The molecule has 1 aliphatic rings. The Morgan fingerprint density at radius 2 is 1.60 bits per heavy atom. The highest BCUT2D eigenvalue weighted by Crippen LogP contribution is 2.39. The molecule has 3 rings (SSSR count). The van der Waals surface area contributed by atoms with E-state index >= 15 is 0 Å². The van der Waals surface area contributed by atoms with Gasteiger partial charge in [-0.3, -0.25) is 0 Å². The number of hydrogen-bond acceptors (Lipinski definition) is 0. The topological polar surface area (TPSA) is 0 Å². The van der Waals surface area contributed by atoms with Crippen LogP contribution in [0.3, 0.4) is 0 Å². The molecule has 1 unspecified atom stereocenters. The smallest absolute Gasteiger partial charge is 0.0619 e. The first-order chi connectivity index (χ1) is 9.78. The van der Waals surface area contributed by atoms with Gasteiger partial charge in [0.2, 0.25) is 0 Å². The van der Waals surface area contributed by atoms with Gasteiger partial charge in [-0.2, -0.15) is 0 Å². The summed E-state index contributed by atoms with van der Waals surface area (Å²) in [7, 11) is 0. The molecule has 1 atom stereocenters. The molecule has 0 saturated carbocycles. The van der Waals surface area contributed by atoms with Gasteiger partial charge in [0.25, 0.3) is 0 Å². The molecule has 0 heterocycles. The molecule has 0 N–H and O–H groups in total. The van der Waals surface area contributed by atoms with Crippen LogP contribution in [0.5, 0.6) is 0 Å². The molecule has 0 nitrogen and oxygen atoms in total. The van der Waals surface area contributed by atoms with Crippen LogP contribution in [0.2, 0.25) is 0 Å². The second kappa shape index (κ2) is 6.01. The van der Waals surface area contributed by atoms with Crippen LogP contribution in [0.4, 0.5) is 0 Å². The Kier molecular flexibility index (Phi) is 4.12. The van der Waals surface area contributed by atoms with Crippen molar-refractivity contribution in [2.24, 2.45) is 5.92 Å². The number of alkyl halides is 1. The first-order valence-corrected chi connectivity index (χ1v) is 8.01. The Morgan fingerprint density at radius 3 is 2.15 bits per heavy atom. The van der Waals surface area contributed by atoms with Crippen LogP contribution in [0.1, 0.15) is 41.0 Å². The van der Waals surface area contributed by atoms with Gasteiger partial charge < -0.3 is 0 Å². The molecule has 0 saturated heterocycles. The second-order valence-corrected chi connectivity index (χ2v) is 6.30. The number of aryl methyl sites for hydroxylation is 1. The predicted molar refractivity (Wildman–Crippen MR) is 86.4 cm³/mol. The number of halogens is 1. The van der Waals surface area contributed by atoms with E-state index < -0.39 is 0 Å². The lowest BCUT2D eigenvalue weighted by molar-refractivity contribution is 0.541. The second-order valence-electron chi connectivity index (χ2n) is 5.83. The van der Waals surface area contributed by atoms with Gasteiger partial charge in [0.15, 0.2) is 0 Å². The molecule has 0 aliphatic heterocycles. The van der Waals surface area contributed by atoms with E-state index in [1.54, 1.807) is 0 Å². The van der Waals surface area contributed by atoms with Gasteiger partial charge in [0, 0.05) is 0 Å². The van der Waals surface area contributed by atoms with E-state index in [2.05, 4.69) is 55.5 Å². The number of hydrogen-bond donors (Lipinski definition) is 0. The van der Waals surface area contributed by atoms with E-state index in [0.29, 0.717) is 5.92 Å². The largest absolute Gasteiger partial charge is 0.117 e. The molecule has 1 aliphatic carbocycles. The highest BCUT2D eigenvalue weighted by molar-refractivity contribution is 6.21. The lowest BCUT2D eigenvalue weighted by Gasteiger charge is -2.17. The van der Waals surface area contributed by atoms with Crippen molar-refractivity contribution >= 4 is 11.6 Å². The average Bonchev–Trinajstić information content (AvgIpc) is 2.91. The molecule has 0 amide bonds.